The minimum absolute atomic E-state index is 0.859. The highest BCUT2D eigenvalue weighted by molar-refractivity contribution is 6.14. The average Bonchev–Trinajstić information content (AvgIpc) is 3.57. The maximum Gasteiger partial charge on any atom is 0.135 e. The Hall–Kier alpha value is -6.12. The SMILES string of the molecule is c1cc(-c2cc3ccccc3o2)cc(N(c2ccc(-c3cccc4ccccc34)cc2)c2cc3ccccc3c3ccccc23)c1. The van der Waals surface area contributed by atoms with Crippen molar-refractivity contribution in [1.29, 1.82) is 0 Å². The van der Waals surface area contributed by atoms with Gasteiger partial charge in [-0.3, -0.25) is 0 Å². The molecule has 0 spiro atoms. The summed E-state index contributed by atoms with van der Waals surface area (Å²) < 4.78 is 6.31. The molecule has 2 nitrogen and oxygen atoms in total. The van der Waals surface area contributed by atoms with Crippen molar-refractivity contribution in [3.8, 4) is 22.5 Å². The molecule has 46 heavy (non-hydrogen) atoms. The predicted molar refractivity (Wildman–Crippen MR) is 194 cm³/mol. The molecule has 1 heterocycles. The van der Waals surface area contributed by atoms with Gasteiger partial charge in [0.2, 0.25) is 0 Å². The van der Waals surface area contributed by atoms with Gasteiger partial charge in [-0.2, -0.15) is 0 Å². The van der Waals surface area contributed by atoms with Crippen molar-refractivity contribution in [3.63, 3.8) is 0 Å². The molecule has 8 aromatic carbocycles. The molecule has 2 heteroatoms. The molecule has 9 aromatic rings. The number of para-hydroxylation sites is 1. The Kier molecular flexibility index (Phi) is 6.17. The molecule has 0 unspecified atom stereocenters. The van der Waals surface area contributed by atoms with Gasteiger partial charge in [0.05, 0.1) is 5.69 Å². The van der Waals surface area contributed by atoms with Crippen molar-refractivity contribution in [2.75, 3.05) is 4.90 Å². The number of furan rings is 1. The van der Waals surface area contributed by atoms with Crippen molar-refractivity contribution >= 4 is 60.3 Å². The summed E-state index contributed by atoms with van der Waals surface area (Å²) in [5.41, 5.74) is 7.65. The lowest BCUT2D eigenvalue weighted by molar-refractivity contribution is 0.631. The molecule has 0 N–H and O–H groups in total. The van der Waals surface area contributed by atoms with Gasteiger partial charge in [0.15, 0.2) is 0 Å². The molecule has 1 aromatic heterocycles. The molecule has 0 amide bonds. The van der Waals surface area contributed by atoms with Gasteiger partial charge in [0.25, 0.3) is 0 Å². The Labute approximate surface area is 267 Å². The summed E-state index contributed by atoms with van der Waals surface area (Å²) in [4.78, 5) is 2.38. The van der Waals surface area contributed by atoms with E-state index in [9.17, 15) is 0 Å². The number of hydrogen-bond acceptors (Lipinski definition) is 2. The van der Waals surface area contributed by atoms with E-state index in [0.29, 0.717) is 0 Å². The van der Waals surface area contributed by atoms with E-state index in [0.717, 1.165) is 39.4 Å². The zero-order valence-corrected chi connectivity index (χ0v) is 25.1. The van der Waals surface area contributed by atoms with E-state index in [2.05, 4.69) is 163 Å². The zero-order chi connectivity index (χ0) is 30.5. The third-order valence-corrected chi connectivity index (χ3v) is 9.03. The van der Waals surface area contributed by atoms with Gasteiger partial charge in [-0.1, -0.05) is 133 Å². The number of anilines is 3. The van der Waals surface area contributed by atoms with Crippen molar-refractivity contribution in [2.45, 2.75) is 0 Å². The average molecular weight is 588 g/mol. The van der Waals surface area contributed by atoms with Crippen molar-refractivity contribution in [1.82, 2.24) is 0 Å². The second kappa shape index (κ2) is 10.8. The van der Waals surface area contributed by atoms with Crippen LogP contribution in [-0.2, 0) is 0 Å². The van der Waals surface area contributed by atoms with Crippen LogP contribution in [0.15, 0.2) is 180 Å². The minimum Gasteiger partial charge on any atom is -0.456 e. The van der Waals surface area contributed by atoms with Gasteiger partial charge in [0.1, 0.15) is 11.3 Å². The smallest absolute Gasteiger partial charge is 0.135 e. The highest BCUT2D eigenvalue weighted by atomic mass is 16.3. The van der Waals surface area contributed by atoms with Gasteiger partial charge in [-0.15, -0.1) is 0 Å². The van der Waals surface area contributed by atoms with Crippen LogP contribution in [0.25, 0.3) is 65.7 Å². The van der Waals surface area contributed by atoms with Crippen LogP contribution in [0.5, 0.6) is 0 Å². The van der Waals surface area contributed by atoms with Crippen molar-refractivity contribution in [3.05, 3.63) is 176 Å². The van der Waals surface area contributed by atoms with Crippen LogP contribution in [0.2, 0.25) is 0 Å². The van der Waals surface area contributed by atoms with E-state index in [1.54, 1.807) is 0 Å². The standard InChI is InChI=1S/C44H29NO/c1-4-17-37-30(11-1)14-10-21-38(37)31-23-25-35(26-24-31)45(42-28-32-12-2-5-18-39(32)40-19-6-7-20-41(40)42)36-16-9-15-33(27-36)44-29-34-13-3-8-22-43(34)46-44/h1-29H. The monoisotopic (exact) mass is 587 g/mol. The maximum absolute atomic E-state index is 6.31. The third-order valence-electron chi connectivity index (χ3n) is 9.03. The molecule has 0 radical (unpaired) electrons. The highest BCUT2D eigenvalue weighted by Crippen LogP contribution is 2.43. The molecular formula is C44H29NO. The van der Waals surface area contributed by atoms with E-state index in [1.165, 1.54) is 43.4 Å². The van der Waals surface area contributed by atoms with Crippen molar-refractivity contribution in [2.24, 2.45) is 0 Å². The van der Waals surface area contributed by atoms with Gasteiger partial charge < -0.3 is 9.32 Å². The molecule has 0 bridgehead atoms. The van der Waals surface area contributed by atoms with Crippen LogP contribution >= 0.6 is 0 Å². The normalized spacial score (nSPS) is 11.5. The molecule has 0 saturated heterocycles. The number of fused-ring (bicyclic) bond motifs is 5. The summed E-state index contributed by atoms with van der Waals surface area (Å²) in [5, 5.41) is 8.51. The van der Waals surface area contributed by atoms with E-state index in [-0.39, 0.29) is 0 Å². The summed E-state index contributed by atoms with van der Waals surface area (Å²) in [6.07, 6.45) is 0. The van der Waals surface area contributed by atoms with Crippen LogP contribution in [0.1, 0.15) is 0 Å². The molecule has 216 valence electrons. The fraction of sp³-hybridized carbons (Fsp3) is 0. The van der Waals surface area contributed by atoms with Gasteiger partial charge >= 0.3 is 0 Å². The first-order chi connectivity index (χ1) is 22.8. The first-order valence-electron chi connectivity index (χ1n) is 15.7. The number of benzene rings is 8. The van der Waals surface area contributed by atoms with E-state index in [4.69, 9.17) is 4.42 Å². The lowest BCUT2D eigenvalue weighted by atomic mass is 9.97. The summed E-state index contributed by atoms with van der Waals surface area (Å²) >= 11 is 0. The Morgan fingerprint density at radius 3 is 1.85 bits per heavy atom. The summed E-state index contributed by atoms with van der Waals surface area (Å²) in [7, 11) is 0. The zero-order valence-electron chi connectivity index (χ0n) is 25.1. The Balaban J connectivity index is 1.25. The Bertz CT molecular complexity index is 2500. The topological polar surface area (TPSA) is 16.4 Å². The fourth-order valence-electron chi connectivity index (χ4n) is 6.84. The van der Waals surface area contributed by atoms with Crippen LogP contribution in [0.3, 0.4) is 0 Å². The van der Waals surface area contributed by atoms with E-state index in [1.807, 2.05) is 18.2 Å². The van der Waals surface area contributed by atoms with Crippen LogP contribution < -0.4 is 4.90 Å². The number of nitrogens with zero attached hydrogens (tertiary/aromatic N) is 1. The number of hydrogen-bond donors (Lipinski definition) is 0. The molecule has 0 atom stereocenters. The van der Waals surface area contributed by atoms with Gasteiger partial charge in [-0.25, -0.2) is 0 Å². The lowest BCUT2D eigenvalue weighted by Crippen LogP contribution is -2.10. The largest absolute Gasteiger partial charge is 0.456 e. The minimum atomic E-state index is 0.859. The second-order valence-corrected chi connectivity index (χ2v) is 11.8. The van der Waals surface area contributed by atoms with Gasteiger partial charge in [0, 0.05) is 27.7 Å². The second-order valence-electron chi connectivity index (χ2n) is 11.8. The molecule has 0 aliphatic heterocycles. The van der Waals surface area contributed by atoms with Crippen molar-refractivity contribution < 1.29 is 4.42 Å². The lowest BCUT2D eigenvalue weighted by Gasteiger charge is -2.28. The predicted octanol–water partition coefficient (Wildman–Crippen LogP) is 12.7. The summed E-state index contributed by atoms with van der Waals surface area (Å²) in [5.74, 6) is 0.859. The van der Waals surface area contributed by atoms with Gasteiger partial charge in [-0.05, 0) is 80.5 Å². The molecule has 0 aliphatic rings. The third kappa shape index (κ3) is 4.43. The Morgan fingerprint density at radius 1 is 0.370 bits per heavy atom. The maximum atomic E-state index is 6.31. The Morgan fingerprint density at radius 2 is 1.02 bits per heavy atom. The molecule has 9 rings (SSSR count). The van der Waals surface area contributed by atoms with Crippen LogP contribution in [-0.4, -0.2) is 0 Å². The van der Waals surface area contributed by atoms with Crippen LogP contribution in [0, 0.1) is 0 Å². The molecule has 0 saturated carbocycles. The molecular weight excluding hydrogens is 558 g/mol. The molecule has 0 fully saturated rings. The fourth-order valence-corrected chi connectivity index (χ4v) is 6.84. The van der Waals surface area contributed by atoms with E-state index >= 15 is 0 Å². The van der Waals surface area contributed by atoms with Crippen LogP contribution in [0.4, 0.5) is 17.1 Å². The first-order valence-corrected chi connectivity index (χ1v) is 15.7. The first kappa shape index (κ1) is 26.3. The van der Waals surface area contributed by atoms with E-state index < -0.39 is 0 Å². The summed E-state index contributed by atoms with van der Waals surface area (Å²) in [6, 6.07) is 62.8. The molecule has 0 aliphatic carbocycles. The highest BCUT2D eigenvalue weighted by Gasteiger charge is 2.19. The summed E-state index contributed by atoms with van der Waals surface area (Å²) in [6.45, 7) is 0. The number of rotatable bonds is 5. The quantitative estimate of drug-likeness (QED) is 0.186.